The number of halogens is 8. The van der Waals surface area contributed by atoms with Crippen LogP contribution in [0.3, 0.4) is 0 Å². The fourth-order valence-electron chi connectivity index (χ4n) is 2.32. The van der Waals surface area contributed by atoms with Crippen LogP contribution < -0.4 is 0 Å². The summed E-state index contributed by atoms with van der Waals surface area (Å²) in [5.74, 6) is -0.645. The number of pyridine rings is 1. The van der Waals surface area contributed by atoms with Crippen LogP contribution in [0.5, 0.6) is 0 Å². The Morgan fingerprint density at radius 1 is 1.08 bits per heavy atom. The molecule has 0 aliphatic heterocycles. The molecule has 2 aromatic heterocycles. The lowest BCUT2D eigenvalue weighted by atomic mass is 10.2. The monoisotopic (exact) mass is 446 g/mol. The van der Waals surface area contributed by atoms with E-state index in [0.717, 1.165) is 12.1 Å². The first-order valence-corrected chi connectivity index (χ1v) is 8.70. The van der Waals surface area contributed by atoms with E-state index < -0.39 is 21.5 Å². The zero-order valence-electron chi connectivity index (χ0n) is 12.3. The molecule has 3 rings (SSSR count). The van der Waals surface area contributed by atoms with Crippen molar-refractivity contribution in [3.8, 4) is 5.82 Å². The van der Waals surface area contributed by atoms with Crippen LogP contribution in [0.4, 0.5) is 22.0 Å². The molecular weight excluding hydrogens is 442 g/mol. The van der Waals surface area contributed by atoms with E-state index >= 15 is 0 Å². The van der Waals surface area contributed by atoms with E-state index in [1.807, 2.05) is 0 Å². The van der Waals surface area contributed by atoms with Crippen LogP contribution in [0.1, 0.15) is 5.56 Å². The van der Waals surface area contributed by atoms with Crippen molar-refractivity contribution in [1.82, 2.24) is 9.55 Å². The maximum Gasteiger partial charge on any atom is 0.417 e. The predicted octanol–water partition coefficient (Wildman–Crippen LogP) is 6.99. The Bertz CT molecular complexity index is 982. The van der Waals surface area contributed by atoms with Gasteiger partial charge in [-0.05, 0) is 24.3 Å². The van der Waals surface area contributed by atoms with Crippen molar-refractivity contribution in [2.24, 2.45) is 0 Å². The minimum atomic E-state index is -4.61. The number of thioether (sulfide) groups is 1. The summed E-state index contributed by atoms with van der Waals surface area (Å²) in [6.45, 7) is 0. The lowest BCUT2D eigenvalue weighted by Crippen LogP contribution is -2.07. The summed E-state index contributed by atoms with van der Waals surface area (Å²) in [5.41, 5.74) is -0.687. The first-order chi connectivity index (χ1) is 12.0. The predicted molar refractivity (Wildman–Crippen MR) is 92.4 cm³/mol. The molecule has 0 saturated carbocycles. The Morgan fingerprint density at radius 3 is 2.35 bits per heavy atom. The number of hydrogen-bond acceptors (Lipinski definition) is 2. The lowest BCUT2D eigenvalue weighted by Gasteiger charge is -2.10. The molecule has 2 heterocycles. The van der Waals surface area contributed by atoms with Crippen LogP contribution in [0.15, 0.2) is 41.6 Å². The number of aromatic nitrogens is 2. The summed E-state index contributed by atoms with van der Waals surface area (Å²) in [6.07, 6.45) is -2.68. The van der Waals surface area contributed by atoms with E-state index in [9.17, 15) is 22.0 Å². The van der Waals surface area contributed by atoms with E-state index in [0.29, 0.717) is 29.5 Å². The molecule has 11 heteroatoms. The molecule has 0 bridgehead atoms. The van der Waals surface area contributed by atoms with E-state index in [2.05, 4.69) is 4.98 Å². The zero-order chi connectivity index (χ0) is 19.3. The molecular formula is C15H6Cl3F5N2S. The first-order valence-electron chi connectivity index (χ1n) is 6.75. The number of benzene rings is 1. The van der Waals surface area contributed by atoms with Crippen molar-refractivity contribution < 1.29 is 22.0 Å². The van der Waals surface area contributed by atoms with Crippen LogP contribution in [0, 0.1) is 5.82 Å². The topological polar surface area (TPSA) is 17.8 Å². The Morgan fingerprint density at radius 2 is 1.77 bits per heavy atom. The quantitative estimate of drug-likeness (QED) is 0.245. The molecule has 1 aromatic carbocycles. The molecule has 0 saturated heterocycles. The molecule has 0 atom stereocenters. The highest BCUT2D eigenvalue weighted by molar-refractivity contribution is 8.03. The fraction of sp³-hybridized carbons (Fsp3) is 0.133. The van der Waals surface area contributed by atoms with Gasteiger partial charge in [-0.3, -0.25) is 4.57 Å². The van der Waals surface area contributed by atoms with Gasteiger partial charge in [0.1, 0.15) is 5.82 Å². The van der Waals surface area contributed by atoms with Gasteiger partial charge in [0.15, 0.2) is 5.82 Å². The second kappa shape index (κ2) is 6.74. The fourth-order valence-corrected chi connectivity index (χ4v) is 3.75. The number of rotatable bonds is 3. The minimum Gasteiger partial charge on any atom is -0.299 e. The second-order valence-electron chi connectivity index (χ2n) is 5.10. The van der Waals surface area contributed by atoms with Gasteiger partial charge in [-0.1, -0.05) is 46.6 Å². The van der Waals surface area contributed by atoms with Crippen LogP contribution in [0.25, 0.3) is 16.7 Å². The summed E-state index contributed by atoms with van der Waals surface area (Å²) in [6, 6.07) is 4.32. The molecule has 2 nitrogen and oxygen atoms in total. The third kappa shape index (κ3) is 4.03. The summed E-state index contributed by atoms with van der Waals surface area (Å²) >= 11 is 17.1. The standard InChI is InChI=1S/C15H6Cl3F5N2S/c16-10-3-7(14(20,21)22)5-24-13(10)25-6-12(26-15(17,18)23)9-4-8(19)1-2-11(9)25/h1-6H. The average Bonchev–Trinajstić information content (AvgIpc) is 2.82. The van der Waals surface area contributed by atoms with Crippen molar-refractivity contribution in [2.45, 2.75) is 15.0 Å². The zero-order valence-corrected chi connectivity index (χ0v) is 15.4. The largest absolute Gasteiger partial charge is 0.417 e. The highest BCUT2D eigenvalue weighted by Crippen LogP contribution is 2.45. The van der Waals surface area contributed by atoms with Gasteiger partial charge < -0.3 is 0 Å². The smallest absolute Gasteiger partial charge is 0.299 e. The Hall–Kier alpha value is -1.22. The van der Waals surface area contributed by atoms with Gasteiger partial charge in [-0.2, -0.15) is 17.6 Å². The second-order valence-corrected chi connectivity index (χ2v) is 8.40. The normalized spacial score (nSPS) is 12.8. The maximum absolute atomic E-state index is 13.6. The highest BCUT2D eigenvalue weighted by Gasteiger charge is 2.32. The third-order valence-corrected chi connectivity index (χ3v) is 4.85. The summed E-state index contributed by atoms with van der Waals surface area (Å²) in [5, 5.41) is -0.0445. The molecule has 0 spiro atoms. The van der Waals surface area contributed by atoms with Crippen LogP contribution in [-0.2, 0) is 6.18 Å². The van der Waals surface area contributed by atoms with Gasteiger partial charge in [0, 0.05) is 22.7 Å². The van der Waals surface area contributed by atoms with Gasteiger partial charge in [0.25, 0.3) is 0 Å². The Balaban J connectivity index is 2.20. The van der Waals surface area contributed by atoms with Crippen molar-refractivity contribution >= 4 is 57.5 Å². The molecule has 3 aromatic rings. The van der Waals surface area contributed by atoms with E-state index in [-0.39, 0.29) is 21.1 Å². The van der Waals surface area contributed by atoms with Crippen molar-refractivity contribution in [2.75, 3.05) is 0 Å². The maximum atomic E-state index is 13.6. The summed E-state index contributed by atoms with van der Waals surface area (Å²) in [4.78, 5) is 3.90. The molecule has 0 unspecified atom stereocenters. The van der Waals surface area contributed by atoms with Crippen LogP contribution >= 0.6 is 46.6 Å². The van der Waals surface area contributed by atoms with Crippen molar-refractivity contribution in [1.29, 1.82) is 0 Å². The van der Waals surface area contributed by atoms with Crippen LogP contribution in [-0.4, -0.2) is 13.5 Å². The lowest BCUT2D eigenvalue weighted by molar-refractivity contribution is -0.137. The molecule has 26 heavy (non-hydrogen) atoms. The first kappa shape index (κ1) is 19.5. The van der Waals surface area contributed by atoms with E-state index in [1.54, 1.807) is 0 Å². The van der Waals surface area contributed by atoms with Gasteiger partial charge in [0.2, 0.25) is 0 Å². The molecule has 0 aliphatic carbocycles. The molecule has 0 N–H and O–H groups in total. The summed E-state index contributed by atoms with van der Waals surface area (Å²) in [7, 11) is 0. The average molecular weight is 448 g/mol. The molecule has 0 amide bonds. The van der Waals surface area contributed by atoms with Gasteiger partial charge in [0.05, 0.1) is 16.1 Å². The molecule has 0 fully saturated rings. The minimum absolute atomic E-state index is 0.0447. The molecule has 138 valence electrons. The van der Waals surface area contributed by atoms with E-state index in [1.165, 1.54) is 16.8 Å². The van der Waals surface area contributed by atoms with E-state index in [4.69, 9.17) is 34.8 Å². The highest BCUT2D eigenvalue weighted by atomic mass is 35.5. The number of alkyl halides is 6. The van der Waals surface area contributed by atoms with Crippen molar-refractivity contribution in [3.63, 3.8) is 0 Å². The number of nitrogens with zero attached hydrogens (tertiary/aromatic N) is 2. The Labute approximate surface area is 162 Å². The van der Waals surface area contributed by atoms with Gasteiger partial charge >= 0.3 is 10.1 Å². The third-order valence-electron chi connectivity index (χ3n) is 3.33. The van der Waals surface area contributed by atoms with Crippen molar-refractivity contribution in [3.05, 3.63) is 53.1 Å². The summed E-state index contributed by atoms with van der Waals surface area (Å²) < 4.78 is 64.1. The van der Waals surface area contributed by atoms with Gasteiger partial charge in [-0.25, -0.2) is 9.37 Å². The Kier molecular flexibility index (Phi) is 5.07. The number of fused-ring (bicyclic) bond motifs is 1. The molecule has 0 aliphatic rings. The number of hydrogen-bond donors (Lipinski definition) is 0. The molecule has 0 radical (unpaired) electrons. The van der Waals surface area contributed by atoms with Crippen LogP contribution in [0.2, 0.25) is 5.02 Å². The SMILES string of the molecule is Fc1ccc2c(c1)c(SC(F)(Cl)Cl)cn2-c1ncc(C(F)(F)F)cc1Cl. The van der Waals surface area contributed by atoms with Gasteiger partial charge in [-0.15, -0.1) is 0 Å².